The van der Waals surface area contributed by atoms with E-state index in [1.165, 1.54) is 0 Å². The molecule has 2 rings (SSSR count). The molecular formula is C17H26N10O4. The third-order valence-corrected chi connectivity index (χ3v) is 4.28. The fourth-order valence-electron chi connectivity index (χ4n) is 2.64. The van der Waals surface area contributed by atoms with Crippen LogP contribution in [0.1, 0.15) is 19.3 Å². The predicted molar refractivity (Wildman–Crippen MR) is 115 cm³/mol. The van der Waals surface area contributed by atoms with Gasteiger partial charge in [0.25, 0.3) is 11.1 Å². The van der Waals surface area contributed by atoms with Crippen molar-refractivity contribution in [3.05, 3.63) is 33.4 Å². The average Bonchev–Trinajstić information content (AvgIpc) is 2.73. The number of nitrogen functional groups attached to an aromatic ring is 2. The lowest BCUT2D eigenvalue weighted by molar-refractivity contribution is -0.116. The number of aromatic nitrogens is 4. The number of carbonyl (C=O) groups excluding carboxylic acids is 2. The summed E-state index contributed by atoms with van der Waals surface area (Å²) in [6.07, 6.45) is 3.04. The van der Waals surface area contributed by atoms with Gasteiger partial charge in [0.05, 0.1) is 12.7 Å². The van der Waals surface area contributed by atoms with Crippen LogP contribution >= 0.6 is 0 Å². The second-order valence-electron chi connectivity index (χ2n) is 6.56. The highest BCUT2D eigenvalue weighted by Crippen LogP contribution is 2.09. The lowest BCUT2D eigenvalue weighted by Gasteiger charge is -2.21. The third-order valence-electron chi connectivity index (χ3n) is 4.28. The highest BCUT2D eigenvalue weighted by molar-refractivity contribution is 5.93. The number of amides is 2. The van der Waals surface area contributed by atoms with Crippen molar-refractivity contribution in [1.82, 2.24) is 24.8 Å². The third kappa shape index (κ3) is 7.20. The molecule has 0 saturated carbocycles. The van der Waals surface area contributed by atoms with Gasteiger partial charge in [-0.05, 0) is 19.5 Å². The Kier molecular flexibility index (Phi) is 8.65. The Bertz CT molecular complexity index is 941. The van der Waals surface area contributed by atoms with Crippen molar-refractivity contribution >= 4 is 34.8 Å². The molecule has 2 aromatic heterocycles. The maximum absolute atomic E-state index is 12.2. The van der Waals surface area contributed by atoms with Gasteiger partial charge in [0.15, 0.2) is 11.6 Å². The molecule has 14 nitrogen and oxygen atoms in total. The van der Waals surface area contributed by atoms with Crippen LogP contribution in [-0.4, -0.2) is 62.8 Å². The van der Waals surface area contributed by atoms with Crippen LogP contribution in [-0.2, 0) is 9.59 Å². The van der Waals surface area contributed by atoms with Crippen LogP contribution in [0.25, 0.3) is 0 Å². The highest BCUT2D eigenvalue weighted by Gasteiger charge is 2.15. The Morgan fingerprint density at radius 1 is 0.871 bits per heavy atom. The van der Waals surface area contributed by atoms with Crippen molar-refractivity contribution in [2.24, 2.45) is 5.73 Å². The first kappa shape index (κ1) is 23.5. The molecule has 168 valence electrons. The summed E-state index contributed by atoms with van der Waals surface area (Å²) in [5, 5.41) is 4.88. The van der Waals surface area contributed by atoms with Crippen LogP contribution in [0.3, 0.4) is 0 Å². The first-order chi connectivity index (χ1) is 14.8. The second kappa shape index (κ2) is 11.4. The number of rotatable bonds is 11. The number of nitrogens with one attached hydrogen (secondary N) is 4. The van der Waals surface area contributed by atoms with Crippen LogP contribution in [0.4, 0.5) is 23.0 Å². The molecule has 14 heteroatoms. The van der Waals surface area contributed by atoms with E-state index >= 15 is 0 Å². The minimum atomic E-state index is -0.554. The van der Waals surface area contributed by atoms with Crippen molar-refractivity contribution in [2.75, 3.05) is 48.3 Å². The molecule has 0 aromatic carbocycles. The monoisotopic (exact) mass is 434 g/mol. The molecule has 0 saturated heterocycles. The normalized spacial score (nSPS) is 10.8. The van der Waals surface area contributed by atoms with Crippen molar-refractivity contribution in [1.29, 1.82) is 0 Å². The Labute approximate surface area is 176 Å². The van der Waals surface area contributed by atoms with Gasteiger partial charge >= 0.3 is 0 Å². The fourth-order valence-corrected chi connectivity index (χ4v) is 2.64. The van der Waals surface area contributed by atoms with Crippen molar-refractivity contribution in [2.45, 2.75) is 19.3 Å². The number of hydrogen-bond donors (Lipinski definition) is 7. The topological polar surface area (TPSA) is 231 Å². The Morgan fingerprint density at radius 3 is 1.71 bits per heavy atom. The number of nitrogens with two attached hydrogens (primary N) is 3. The van der Waals surface area contributed by atoms with Crippen LogP contribution in [0.15, 0.2) is 22.2 Å². The number of anilines is 4. The van der Waals surface area contributed by atoms with E-state index in [1.54, 1.807) is 0 Å². The summed E-state index contributed by atoms with van der Waals surface area (Å²) < 4.78 is 0. The molecule has 0 atom stereocenters. The average molecular weight is 434 g/mol. The van der Waals surface area contributed by atoms with Gasteiger partial charge in [0.2, 0.25) is 11.8 Å². The lowest BCUT2D eigenvalue weighted by atomic mass is 10.2. The maximum atomic E-state index is 12.2. The highest BCUT2D eigenvalue weighted by atomic mass is 16.2. The quantitative estimate of drug-likeness (QED) is 0.206. The van der Waals surface area contributed by atoms with Crippen LogP contribution in [0.5, 0.6) is 0 Å². The standard InChI is InChI=1S/C17H26N10O4/c18-4-1-5-27(6-2-10(28)25-12-14(19)21-8-23-16(12)30)7-3-11(29)26-13-15(20)22-9-24-17(13)31/h8-9H,1-7,18H2,(H,25,28)(H,26,29)(H3,19,21,23,30)(H3,20,22,24,31). The molecule has 10 N–H and O–H groups in total. The molecule has 31 heavy (non-hydrogen) atoms. The van der Waals surface area contributed by atoms with Crippen molar-refractivity contribution in [3.63, 3.8) is 0 Å². The van der Waals surface area contributed by atoms with Gasteiger partial charge < -0.3 is 42.7 Å². The number of hydrogen-bond acceptors (Lipinski definition) is 10. The van der Waals surface area contributed by atoms with E-state index in [0.717, 1.165) is 12.7 Å². The van der Waals surface area contributed by atoms with Crippen LogP contribution in [0.2, 0.25) is 0 Å². The molecule has 2 aromatic rings. The van der Waals surface area contributed by atoms with Gasteiger partial charge in [-0.15, -0.1) is 0 Å². The van der Waals surface area contributed by atoms with E-state index in [1.807, 2.05) is 4.90 Å². The van der Waals surface area contributed by atoms with E-state index in [4.69, 9.17) is 17.2 Å². The molecule has 0 aliphatic rings. The molecule has 0 aliphatic carbocycles. The van der Waals surface area contributed by atoms with Crippen molar-refractivity contribution < 1.29 is 9.59 Å². The lowest BCUT2D eigenvalue weighted by Crippen LogP contribution is -2.33. The Balaban J connectivity index is 1.89. The number of nitrogens with zero attached hydrogens (tertiary/aromatic N) is 3. The summed E-state index contributed by atoms with van der Waals surface area (Å²) in [6.45, 7) is 1.62. The van der Waals surface area contributed by atoms with Crippen LogP contribution in [0, 0.1) is 0 Å². The van der Waals surface area contributed by atoms with Gasteiger partial charge in [-0.3, -0.25) is 19.2 Å². The van der Waals surface area contributed by atoms with Gasteiger partial charge in [0.1, 0.15) is 11.4 Å². The summed E-state index contributed by atoms with van der Waals surface area (Å²) in [6, 6.07) is 0. The van der Waals surface area contributed by atoms with Crippen LogP contribution < -0.4 is 39.0 Å². The van der Waals surface area contributed by atoms with Crippen molar-refractivity contribution in [3.8, 4) is 0 Å². The summed E-state index contributed by atoms with van der Waals surface area (Å²) in [5.41, 5.74) is 15.4. The molecule has 0 aliphatic heterocycles. The molecular weight excluding hydrogens is 408 g/mol. The molecule has 0 radical (unpaired) electrons. The van der Waals surface area contributed by atoms with Gasteiger partial charge in [-0.2, -0.15) is 0 Å². The van der Waals surface area contributed by atoms with Gasteiger partial charge in [-0.1, -0.05) is 0 Å². The number of aromatic amines is 2. The zero-order valence-corrected chi connectivity index (χ0v) is 16.8. The van der Waals surface area contributed by atoms with Gasteiger partial charge in [0, 0.05) is 25.9 Å². The fraction of sp³-hybridized carbons (Fsp3) is 0.412. The summed E-state index contributed by atoms with van der Waals surface area (Å²) in [7, 11) is 0. The van der Waals surface area contributed by atoms with E-state index < -0.39 is 22.9 Å². The van der Waals surface area contributed by atoms with Gasteiger partial charge in [-0.25, -0.2) is 9.97 Å². The largest absolute Gasteiger partial charge is 0.382 e. The van der Waals surface area contributed by atoms with E-state index in [0.29, 0.717) is 32.6 Å². The smallest absolute Gasteiger partial charge is 0.276 e. The minimum Gasteiger partial charge on any atom is -0.382 e. The number of carbonyl (C=O) groups is 2. The second-order valence-corrected chi connectivity index (χ2v) is 6.56. The zero-order valence-electron chi connectivity index (χ0n) is 16.8. The maximum Gasteiger partial charge on any atom is 0.276 e. The molecule has 2 heterocycles. The molecule has 0 bridgehead atoms. The zero-order chi connectivity index (χ0) is 22.8. The summed E-state index contributed by atoms with van der Waals surface area (Å²) >= 11 is 0. The first-order valence-corrected chi connectivity index (χ1v) is 9.50. The summed E-state index contributed by atoms with van der Waals surface area (Å²) in [5.74, 6) is -1.03. The first-order valence-electron chi connectivity index (χ1n) is 9.50. The number of H-pyrrole nitrogens is 2. The SMILES string of the molecule is NCCCN(CCC(=O)Nc1c(N)nc[nH]c1=O)CCC(=O)Nc1c(N)nc[nH]c1=O. The molecule has 2 amide bonds. The predicted octanol–water partition coefficient (Wildman–Crippen LogP) is -1.97. The molecule has 0 fully saturated rings. The molecule has 0 spiro atoms. The van der Waals surface area contributed by atoms with E-state index in [-0.39, 0.29) is 35.9 Å². The Morgan fingerprint density at radius 2 is 1.32 bits per heavy atom. The van der Waals surface area contributed by atoms with E-state index in [2.05, 4.69) is 30.6 Å². The van der Waals surface area contributed by atoms with E-state index in [9.17, 15) is 19.2 Å². The Hall–Kier alpha value is -3.78. The minimum absolute atomic E-state index is 0.0508. The molecule has 0 unspecified atom stereocenters. The summed E-state index contributed by atoms with van der Waals surface area (Å²) in [4.78, 5) is 61.9.